The van der Waals surface area contributed by atoms with Crippen molar-refractivity contribution in [2.24, 2.45) is 0 Å². The highest BCUT2D eigenvalue weighted by Crippen LogP contribution is 2.17. The molecule has 0 saturated carbocycles. The van der Waals surface area contributed by atoms with E-state index in [2.05, 4.69) is 19.8 Å². The maximum Gasteiger partial charge on any atom is 0.240 e. The first kappa shape index (κ1) is 17.0. The second-order valence-corrected chi connectivity index (χ2v) is 7.55. The van der Waals surface area contributed by atoms with Gasteiger partial charge in [0.1, 0.15) is 5.82 Å². The van der Waals surface area contributed by atoms with Crippen molar-refractivity contribution in [2.75, 3.05) is 13.1 Å². The van der Waals surface area contributed by atoms with Crippen LogP contribution in [0.25, 0.3) is 0 Å². The predicted octanol–water partition coefficient (Wildman–Crippen LogP) is 1.46. The van der Waals surface area contributed by atoms with Crippen molar-refractivity contribution in [3.05, 3.63) is 41.9 Å². The number of piperidine rings is 1. The first-order chi connectivity index (χ1) is 11.4. The molecule has 130 valence electrons. The molecule has 1 fully saturated rings. The predicted molar refractivity (Wildman–Crippen MR) is 84.1 cm³/mol. The van der Waals surface area contributed by atoms with E-state index >= 15 is 0 Å². The molecule has 1 aromatic carbocycles. The zero-order valence-corrected chi connectivity index (χ0v) is 14.1. The molecule has 2 heterocycles. The smallest absolute Gasteiger partial charge is 0.240 e. The van der Waals surface area contributed by atoms with E-state index in [0.29, 0.717) is 31.2 Å². The standard InChI is InChI=1S/C15H19FN4O3S/c1-11-17-18-15(23-11)10-20-8-6-13(7-9-20)19-24(21,22)14-4-2-12(16)3-5-14/h2-5,13,19H,6-10H2,1H3. The summed E-state index contributed by atoms with van der Waals surface area (Å²) in [6.07, 6.45) is 1.38. The Morgan fingerprint density at radius 3 is 2.50 bits per heavy atom. The minimum absolute atomic E-state index is 0.0765. The third kappa shape index (κ3) is 4.16. The van der Waals surface area contributed by atoms with Crippen molar-refractivity contribution >= 4 is 10.0 Å². The van der Waals surface area contributed by atoms with Crippen molar-refractivity contribution < 1.29 is 17.2 Å². The van der Waals surface area contributed by atoms with Crippen LogP contribution >= 0.6 is 0 Å². The molecule has 2 aromatic rings. The van der Waals surface area contributed by atoms with Crippen molar-refractivity contribution in [3.8, 4) is 0 Å². The van der Waals surface area contributed by atoms with Crippen LogP contribution < -0.4 is 4.72 Å². The van der Waals surface area contributed by atoms with Gasteiger partial charge in [-0.1, -0.05) is 0 Å². The van der Waals surface area contributed by atoms with Crippen LogP contribution in [0, 0.1) is 12.7 Å². The summed E-state index contributed by atoms with van der Waals surface area (Å²) in [4.78, 5) is 2.22. The summed E-state index contributed by atoms with van der Waals surface area (Å²) in [6, 6.07) is 4.68. The molecule has 1 aromatic heterocycles. The van der Waals surface area contributed by atoms with Gasteiger partial charge in [-0.2, -0.15) is 0 Å². The van der Waals surface area contributed by atoms with Crippen LogP contribution in [-0.4, -0.2) is 42.6 Å². The molecule has 0 bridgehead atoms. The van der Waals surface area contributed by atoms with Crippen LogP contribution in [0.4, 0.5) is 4.39 Å². The second-order valence-electron chi connectivity index (χ2n) is 5.84. The summed E-state index contributed by atoms with van der Waals surface area (Å²) in [5.74, 6) is 0.642. The fraction of sp³-hybridized carbons (Fsp3) is 0.467. The van der Waals surface area contributed by atoms with Crippen LogP contribution in [0.2, 0.25) is 0 Å². The molecular weight excluding hydrogens is 335 g/mol. The molecule has 0 spiro atoms. The summed E-state index contributed by atoms with van der Waals surface area (Å²) in [5.41, 5.74) is 0. The number of rotatable bonds is 5. The Bertz CT molecular complexity index is 783. The molecular formula is C15H19FN4O3S. The lowest BCUT2D eigenvalue weighted by Gasteiger charge is -2.31. The molecule has 0 atom stereocenters. The van der Waals surface area contributed by atoms with Gasteiger partial charge >= 0.3 is 0 Å². The number of nitrogens with one attached hydrogen (secondary N) is 1. The topological polar surface area (TPSA) is 88.3 Å². The van der Waals surface area contributed by atoms with E-state index in [-0.39, 0.29) is 10.9 Å². The highest BCUT2D eigenvalue weighted by atomic mass is 32.2. The first-order valence-corrected chi connectivity index (χ1v) is 9.20. The molecule has 3 rings (SSSR count). The highest BCUT2D eigenvalue weighted by molar-refractivity contribution is 7.89. The Morgan fingerprint density at radius 2 is 1.92 bits per heavy atom. The van der Waals surface area contributed by atoms with Crippen molar-refractivity contribution in [1.29, 1.82) is 0 Å². The molecule has 1 N–H and O–H groups in total. The fourth-order valence-electron chi connectivity index (χ4n) is 2.70. The largest absolute Gasteiger partial charge is 0.424 e. The molecule has 0 unspecified atom stereocenters. The van der Waals surface area contributed by atoms with E-state index in [1.54, 1.807) is 6.92 Å². The number of aromatic nitrogens is 2. The van der Waals surface area contributed by atoms with Crippen LogP contribution in [0.1, 0.15) is 24.6 Å². The lowest BCUT2D eigenvalue weighted by atomic mass is 10.1. The zero-order chi connectivity index (χ0) is 17.2. The molecule has 0 aliphatic carbocycles. The van der Waals surface area contributed by atoms with E-state index in [1.807, 2.05) is 0 Å². The number of benzene rings is 1. The molecule has 0 amide bonds. The number of likely N-dealkylation sites (tertiary alicyclic amines) is 1. The maximum atomic E-state index is 12.9. The van der Waals surface area contributed by atoms with Crippen LogP contribution in [0.15, 0.2) is 33.6 Å². The average molecular weight is 354 g/mol. The zero-order valence-electron chi connectivity index (χ0n) is 13.3. The molecule has 7 nitrogen and oxygen atoms in total. The Hall–Kier alpha value is -1.84. The van der Waals surface area contributed by atoms with Crippen LogP contribution in [0.3, 0.4) is 0 Å². The molecule has 1 saturated heterocycles. The van der Waals surface area contributed by atoms with Gasteiger partial charge in [-0.25, -0.2) is 17.5 Å². The number of hydrogen-bond donors (Lipinski definition) is 1. The summed E-state index contributed by atoms with van der Waals surface area (Å²) in [7, 11) is -3.63. The van der Waals surface area contributed by atoms with Gasteiger partial charge in [-0.05, 0) is 37.1 Å². The number of hydrogen-bond acceptors (Lipinski definition) is 6. The minimum Gasteiger partial charge on any atom is -0.424 e. The monoisotopic (exact) mass is 354 g/mol. The fourth-order valence-corrected chi connectivity index (χ4v) is 4.01. The van der Waals surface area contributed by atoms with Gasteiger partial charge < -0.3 is 4.42 Å². The SMILES string of the molecule is Cc1nnc(CN2CCC(NS(=O)(=O)c3ccc(F)cc3)CC2)o1. The van der Waals surface area contributed by atoms with E-state index in [0.717, 1.165) is 25.2 Å². The average Bonchev–Trinajstić information content (AvgIpc) is 2.94. The number of aryl methyl sites for hydroxylation is 1. The van der Waals surface area contributed by atoms with E-state index in [9.17, 15) is 12.8 Å². The van der Waals surface area contributed by atoms with Crippen molar-refractivity contribution in [2.45, 2.75) is 37.2 Å². The van der Waals surface area contributed by atoms with Gasteiger partial charge in [-0.15, -0.1) is 10.2 Å². The Balaban J connectivity index is 1.54. The van der Waals surface area contributed by atoms with Crippen molar-refractivity contribution in [1.82, 2.24) is 19.8 Å². The van der Waals surface area contributed by atoms with Crippen LogP contribution in [0.5, 0.6) is 0 Å². The van der Waals surface area contributed by atoms with E-state index in [4.69, 9.17) is 4.42 Å². The van der Waals surface area contributed by atoms with Gasteiger partial charge in [0.25, 0.3) is 0 Å². The van der Waals surface area contributed by atoms with Gasteiger partial charge in [0.05, 0.1) is 11.4 Å². The summed E-state index contributed by atoms with van der Waals surface area (Å²) in [5, 5.41) is 7.76. The Kier molecular flexibility index (Phi) is 4.93. The lowest BCUT2D eigenvalue weighted by Crippen LogP contribution is -2.44. The number of halogens is 1. The molecule has 1 aliphatic rings. The lowest BCUT2D eigenvalue weighted by molar-refractivity contribution is 0.183. The van der Waals surface area contributed by atoms with Gasteiger partial charge in [0.2, 0.25) is 21.8 Å². The second kappa shape index (κ2) is 6.96. The first-order valence-electron chi connectivity index (χ1n) is 7.71. The quantitative estimate of drug-likeness (QED) is 0.875. The highest BCUT2D eigenvalue weighted by Gasteiger charge is 2.25. The number of sulfonamides is 1. The molecule has 0 radical (unpaired) electrons. The Morgan fingerprint density at radius 1 is 1.25 bits per heavy atom. The van der Waals surface area contributed by atoms with Gasteiger partial charge in [0.15, 0.2) is 0 Å². The van der Waals surface area contributed by atoms with Crippen LogP contribution in [-0.2, 0) is 16.6 Å². The normalized spacial score (nSPS) is 17.2. The summed E-state index contributed by atoms with van der Waals surface area (Å²) < 4.78 is 45.6. The molecule has 1 aliphatic heterocycles. The molecule has 9 heteroatoms. The Labute approximate surface area is 139 Å². The third-order valence-electron chi connectivity index (χ3n) is 3.96. The van der Waals surface area contributed by atoms with Gasteiger partial charge in [0, 0.05) is 26.1 Å². The number of nitrogens with zero attached hydrogens (tertiary/aromatic N) is 3. The summed E-state index contributed by atoms with van der Waals surface area (Å²) >= 11 is 0. The third-order valence-corrected chi connectivity index (χ3v) is 5.50. The van der Waals surface area contributed by atoms with Gasteiger partial charge in [-0.3, -0.25) is 4.90 Å². The van der Waals surface area contributed by atoms with E-state index < -0.39 is 15.8 Å². The maximum absolute atomic E-state index is 12.9. The van der Waals surface area contributed by atoms with E-state index in [1.165, 1.54) is 12.1 Å². The summed E-state index contributed by atoms with van der Waals surface area (Å²) in [6.45, 7) is 3.78. The molecule has 24 heavy (non-hydrogen) atoms. The van der Waals surface area contributed by atoms with Crippen molar-refractivity contribution in [3.63, 3.8) is 0 Å². The minimum atomic E-state index is -3.63.